The van der Waals surface area contributed by atoms with Gasteiger partial charge in [0, 0.05) is 35.8 Å². The molecule has 0 unspecified atom stereocenters. The van der Waals surface area contributed by atoms with Crippen molar-refractivity contribution in [3.8, 4) is 10.7 Å². The van der Waals surface area contributed by atoms with Crippen molar-refractivity contribution in [2.45, 2.75) is 70.1 Å². The zero-order valence-corrected chi connectivity index (χ0v) is 21.0. The number of aryl methyl sites for hydroxylation is 1. The Bertz CT molecular complexity index is 1200. The van der Waals surface area contributed by atoms with Gasteiger partial charge in [-0.2, -0.15) is 0 Å². The van der Waals surface area contributed by atoms with Crippen molar-refractivity contribution < 1.29 is 4.79 Å². The van der Waals surface area contributed by atoms with Crippen LogP contribution in [-0.2, 0) is 6.42 Å². The van der Waals surface area contributed by atoms with Gasteiger partial charge in [-0.15, -0.1) is 11.3 Å². The number of likely N-dealkylation sites (N-methyl/N-ethyl adjacent to an activating group) is 1. The smallest absolute Gasteiger partial charge is 0.266 e. The molecule has 5 atom stereocenters. The van der Waals surface area contributed by atoms with Gasteiger partial charge in [0.15, 0.2) is 0 Å². The highest BCUT2D eigenvalue weighted by Gasteiger charge is 2.63. The first-order valence-electron chi connectivity index (χ1n) is 12.4. The van der Waals surface area contributed by atoms with E-state index in [-0.39, 0.29) is 17.4 Å². The number of hydrogen-bond donors (Lipinski definition) is 0. The van der Waals surface area contributed by atoms with Crippen molar-refractivity contribution in [1.82, 2.24) is 19.8 Å². The summed E-state index contributed by atoms with van der Waals surface area (Å²) in [5.41, 5.74) is 3.16. The molecule has 3 aromatic rings. The van der Waals surface area contributed by atoms with Gasteiger partial charge in [0.1, 0.15) is 9.88 Å². The molecule has 0 radical (unpaired) electrons. The number of nitrogens with zero attached hydrogens (tertiary/aromatic N) is 4. The molecule has 1 amide bonds. The maximum Gasteiger partial charge on any atom is 0.266 e. The highest BCUT2D eigenvalue weighted by molar-refractivity contribution is 7.17. The van der Waals surface area contributed by atoms with Gasteiger partial charge in [-0.25, -0.2) is 4.98 Å². The molecular weight excluding hydrogens is 440 g/mol. The molecule has 34 heavy (non-hydrogen) atoms. The fourth-order valence-electron chi connectivity index (χ4n) is 7.13. The number of piperidine rings is 1. The summed E-state index contributed by atoms with van der Waals surface area (Å²) < 4.78 is 0. The standard InChI is InChI=1S/C28H32N4OS/c1-18-25(34-26(30-18)20-12-7-8-15-29-20)27(33)32-22-17-28(2)23(13-9-14-24(28)32)31(3)21(22)16-19-10-5-4-6-11-19/h4-8,10-12,15,21-24H,9,13-14,16-17H2,1-3H3/t21-,22+,23-,24+,28-/m1/s1. The van der Waals surface area contributed by atoms with Gasteiger partial charge in [0.05, 0.1) is 11.4 Å². The summed E-state index contributed by atoms with van der Waals surface area (Å²) in [4.78, 5) is 29.2. The normalized spacial score (nSPS) is 30.5. The van der Waals surface area contributed by atoms with E-state index in [0.717, 1.165) is 40.5 Å². The molecule has 0 N–H and O–H groups in total. The van der Waals surface area contributed by atoms with Gasteiger partial charge in [-0.3, -0.25) is 14.7 Å². The lowest BCUT2D eigenvalue weighted by Gasteiger charge is -2.51. The average Bonchev–Trinajstić information content (AvgIpc) is 3.39. The van der Waals surface area contributed by atoms with Crippen LogP contribution in [0.25, 0.3) is 10.7 Å². The van der Waals surface area contributed by atoms with Gasteiger partial charge >= 0.3 is 0 Å². The third-order valence-electron chi connectivity index (χ3n) is 8.68. The number of carbonyl (C=O) groups is 1. The molecule has 1 aliphatic carbocycles. The predicted octanol–water partition coefficient (Wildman–Crippen LogP) is 5.21. The molecule has 2 bridgehead atoms. The molecule has 4 heterocycles. The van der Waals surface area contributed by atoms with E-state index >= 15 is 0 Å². The minimum Gasteiger partial charge on any atom is -0.330 e. The Morgan fingerprint density at radius 3 is 2.65 bits per heavy atom. The second-order valence-corrected chi connectivity index (χ2v) is 11.5. The number of amides is 1. The Morgan fingerprint density at radius 2 is 1.88 bits per heavy atom. The van der Waals surface area contributed by atoms with E-state index in [4.69, 9.17) is 4.98 Å². The third-order valence-corrected chi connectivity index (χ3v) is 9.84. The topological polar surface area (TPSA) is 49.3 Å². The number of pyridine rings is 1. The van der Waals surface area contributed by atoms with E-state index < -0.39 is 0 Å². The number of rotatable bonds is 4. The summed E-state index contributed by atoms with van der Waals surface area (Å²) in [6.45, 7) is 4.41. The molecule has 2 saturated heterocycles. The van der Waals surface area contributed by atoms with Crippen molar-refractivity contribution in [2.75, 3.05) is 7.05 Å². The second kappa shape index (κ2) is 8.28. The number of likely N-dealkylation sites (tertiary alicyclic amines) is 2. The maximum absolute atomic E-state index is 14.3. The first-order valence-corrected chi connectivity index (χ1v) is 13.3. The van der Waals surface area contributed by atoms with Crippen LogP contribution in [0, 0.1) is 12.3 Å². The van der Waals surface area contributed by atoms with Gasteiger partial charge < -0.3 is 4.90 Å². The number of aromatic nitrogens is 2. The molecule has 1 aromatic carbocycles. The molecule has 0 spiro atoms. The SMILES string of the molecule is Cc1nc(-c2ccccn2)sc1C(=O)N1[C@H]2CCC[C@H]3N(C)[C@H](Cc4ccccc4)[C@@H]1C[C@@]23C. The molecule has 2 aliphatic heterocycles. The van der Waals surface area contributed by atoms with Crippen LogP contribution in [0.3, 0.4) is 0 Å². The van der Waals surface area contributed by atoms with E-state index in [2.05, 4.69) is 59.1 Å². The zero-order chi connectivity index (χ0) is 23.4. The van der Waals surface area contributed by atoms with E-state index in [0.29, 0.717) is 18.1 Å². The largest absolute Gasteiger partial charge is 0.330 e. The van der Waals surface area contributed by atoms with E-state index in [1.54, 1.807) is 6.20 Å². The number of hydrogen-bond acceptors (Lipinski definition) is 5. The lowest BCUT2D eigenvalue weighted by atomic mass is 9.64. The first kappa shape index (κ1) is 21.9. The molecule has 3 fully saturated rings. The summed E-state index contributed by atoms with van der Waals surface area (Å²) in [5, 5.41) is 0.828. The van der Waals surface area contributed by atoms with Crippen LogP contribution in [0.1, 0.15) is 53.5 Å². The van der Waals surface area contributed by atoms with Gasteiger partial charge in [-0.1, -0.05) is 43.3 Å². The van der Waals surface area contributed by atoms with E-state index in [1.807, 2.05) is 25.1 Å². The number of carbonyl (C=O) groups excluding carboxylic acids is 1. The quantitative estimate of drug-likeness (QED) is 0.523. The summed E-state index contributed by atoms with van der Waals surface area (Å²) in [6.07, 6.45) is 7.38. The molecule has 2 aromatic heterocycles. The Labute approximate surface area is 205 Å². The van der Waals surface area contributed by atoms with Crippen molar-refractivity contribution >= 4 is 17.2 Å². The second-order valence-electron chi connectivity index (χ2n) is 10.5. The molecule has 6 rings (SSSR count). The molecule has 5 nitrogen and oxygen atoms in total. The average molecular weight is 473 g/mol. The fraction of sp³-hybridized carbons (Fsp3) is 0.464. The van der Waals surface area contributed by atoms with Crippen LogP contribution in [0.2, 0.25) is 0 Å². The molecular formula is C28H32N4OS. The minimum atomic E-state index is 0.156. The van der Waals surface area contributed by atoms with Gasteiger partial charge in [0.25, 0.3) is 5.91 Å². The van der Waals surface area contributed by atoms with Crippen molar-refractivity contribution in [2.24, 2.45) is 5.41 Å². The predicted molar refractivity (Wildman–Crippen MR) is 136 cm³/mol. The fourth-order valence-corrected chi connectivity index (χ4v) is 8.11. The Morgan fingerprint density at radius 1 is 1.12 bits per heavy atom. The zero-order valence-electron chi connectivity index (χ0n) is 20.1. The lowest BCUT2D eigenvalue weighted by Crippen LogP contribution is -2.59. The van der Waals surface area contributed by atoms with Crippen molar-refractivity contribution in [1.29, 1.82) is 0 Å². The molecule has 176 valence electrons. The van der Waals surface area contributed by atoms with Crippen LogP contribution in [0.15, 0.2) is 54.7 Å². The molecule has 3 aliphatic rings. The summed E-state index contributed by atoms with van der Waals surface area (Å²) in [6, 6.07) is 18.0. The van der Waals surface area contributed by atoms with Crippen LogP contribution < -0.4 is 0 Å². The number of fused-ring (bicyclic) bond motifs is 1. The molecule has 1 saturated carbocycles. The monoisotopic (exact) mass is 472 g/mol. The Balaban J connectivity index is 1.38. The van der Waals surface area contributed by atoms with Crippen molar-refractivity contribution in [3.63, 3.8) is 0 Å². The maximum atomic E-state index is 14.3. The highest BCUT2D eigenvalue weighted by atomic mass is 32.1. The van der Waals surface area contributed by atoms with Crippen LogP contribution >= 0.6 is 11.3 Å². The van der Waals surface area contributed by atoms with Crippen LogP contribution in [-0.4, -0.2) is 56.9 Å². The number of thiazole rings is 1. The van der Waals surface area contributed by atoms with Crippen molar-refractivity contribution in [3.05, 3.63) is 70.9 Å². The Hall–Kier alpha value is -2.57. The van der Waals surface area contributed by atoms with Crippen LogP contribution in [0.4, 0.5) is 0 Å². The van der Waals surface area contributed by atoms with E-state index in [1.165, 1.54) is 29.7 Å². The summed E-state index contributed by atoms with van der Waals surface area (Å²) in [7, 11) is 2.30. The Kier molecular flexibility index (Phi) is 5.34. The van der Waals surface area contributed by atoms with Gasteiger partial charge in [-0.05, 0) is 63.8 Å². The minimum absolute atomic E-state index is 0.156. The summed E-state index contributed by atoms with van der Waals surface area (Å²) in [5.74, 6) is 0.171. The highest BCUT2D eigenvalue weighted by Crippen LogP contribution is 2.56. The summed E-state index contributed by atoms with van der Waals surface area (Å²) >= 11 is 1.50. The first-order chi connectivity index (χ1) is 16.5. The third kappa shape index (κ3) is 3.34. The number of benzene rings is 1. The van der Waals surface area contributed by atoms with Crippen LogP contribution in [0.5, 0.6) is 0 Å². The lowest BCUT2D eigenvalue weighted by molar-refractivity contribution is -0.00397. The van der Waals surface area contributed by atoms with Gasteiger partial charge in [0.2, 0.25) is 0 Å². The van der Waals surface area contributed by atoms with E-state index in [9.17, 15) is 4.79 Å². The molecule has 6 heteroatoms.